The van der Waals surface area contributed by atoms with Crippen LogP contribution < -0.4 is 10.5 Å². The first kappa shape index (κ1) is 9.36. The molecule has 0 fully saturated rings. The predicted octanol–water partition coefficient (Wildman–Crippen LogP) is 2.12. The van der Waals surface area contributed by atoms with Crippen LogP contribution in [0.4, 0.5) is 0 Å². The minimum atomic E-state index is 0.513. The second-order valence-electron chi connectivity index (χ2n) is 2.62. The molecule has 0 bridgehead atoms. The van der Waals surface area contributed by atoms with Crippen molar-refractivity contribution in [3.63, 3.8) is 0 Å². The molecular weight excluding hydrogens is 174 g/mol. The number of methoxy groups -OCH3 is 1. The molecule has 0 unspecified atom stereocenters. The Balaban J connectivity index is 3.18. The van der Waals surface area contributed by atoms with Crippen molar-refractivity contribution in [2.45, 2.75) is 13.5 Å². The fourth-order valence-corrected chi connectivity index (χ4v) is 1.37. The molecule has 1 aromatic rings. The van der Waals surface area contributed by atoms with Crippen LogP contribution in [0.1, 0.15) is 11.1 Å². The maximum Gasteiger partial charge on any atom is 0.137 e. The first-order valence-electron chi connectivity index (χ1n) is 3.72. The summed E-state index contributed by atoms with van der Waals surface area (Å²) in [6, 6.07) is 3.74. The Kier molecular flexibility index (Phi) is 2.95. The zero-order chi connectivity index (χ0) is 9.14. The smallest absolute Gasteiger partial charge is 0.137 e. The third-order valence-electron chi connectivity index (χ3n) is 1.83. The van der Waals surface area contributed by atoms with Gasteiger partial charge in [-0.25, -0.2) is 0 Å². The van der Waals surface area contributed by atoms with E-state index in [2.05, 4.69) is 0 Å². The summed E-state index contributed by atoms with van der Waals surface area (Å²) in [7, 11) is 1.59. The van der Waals surface area contributed by atoms with Crippen LogP contribution in [0, 0.1) is 6.92 Å². The van der Waals surface area contributed by atoms with Gasteiger partial charge < -0.3 is 10.5 Å². The van der Waals surface area contributed by atoms with E-state index in [4.69, 9.17) is 22.1 Å². The molecule has 0 aliphatic carbocycles. The van der Waals surface area contributed by atoms with Crippen LogP contribution in [-0.2, 0) is 6.54 Å². The summed E-state index contributed by atoms with van der Waals surface area (Å²) in [5, 5.41) is 0.632. The lowest BCUT2D eigenvalue weighted by atomic mass is 10.1. The Bertz CT molecular complexity index is 261. The fraction of sp³-hybridized carbons (Fsp3) is 0.333. The quantitative estimate of drug-likeness (QED) is 0.766. The molecule has 0 spiro atoms. The third kappa shape index (κ3) is 1.71. The Morgan fingerprint density at radius 2 is 2.17 bits per heavy atom. The van der Waals surface area contributed by atoms with E-state index in [1.54, 1.807) is 7.11 Å². The van der Waals surface area contributed by atoms with Gasteiger partial charge in [-0.05, 0) is 30.2 Å². The lowest BCUT2D eigenvalue weighted by molar-refractivity contribution is 0.414. The van der Waals surface area contributed by atoms with E-state index in [9.17, 15) is 0 Å². The summed E-state index contributed by atoms with van der Waals surface area (Å²) < 4.78 is 5.05. The van der Waals surface area contributed by atoms with E-state index >= 15 is 0 Å². The van der Waals surface area contributed by atoms with Crippen LogP contribution in [0.5, 0.6) is 5.75 Å². The number of halogens is 1. The standard InChI is InChI=1S/C9H12ClNO/c1-6-3-8(10)9(12-2)4-7(6)5-11/h3-4H,5,11H2,1-2H3. The van der Waals surface area contributed by atoms with Crippen molar-refractivity contribution >= 4 is 11.6 Å². The van der Waals surface area contributed by atoms with Gasteiger partial charge in [0.1, 0.15) is 5.75 Å². The molecule has 0 heterocycles. The molecule has 0 radical (unpaired) electrons. The Morgan fingerprint density at radius 1 is 1.50 bits per heavy atom. The SMILES string of the molecule is COc1cc(CN)c(C)cc1Cl. The Hall–Kier alpha value is -0.730. The van der Waals surface area contributed by atoms with Gasteiger partial charge in [-0.3, -0.25) is 0 Å². The Morgan fingerprint density at radius 3 is 2.67 bits per heavy atom. The van der Waals surface area contributed by atoms with E-state index in [1.165, 1.54) is 0 Å². The van der Waals surface area contributed by atoms with Crippen molar-refractivity contribution in [1.29, 1.82) is 0 Å². The van der Waals surface area contributed by atoms with Crippen LogP contribution in [0.2, 0.25) is 5.02 Å². The van der Waals surface area contributed by atoms with E-state index in [1.807, 2.05) is 19.1 Å². The molecule has 2 nitrogen and oxygen atoms in total. The molecule has 0 saturated carbocycles. The van der Waals surface area contributed by atoms with Gasteiger partial charge in [0.05, 0.1) is 12.1 Å². The van der Waals surface area contributed by atoms with Gasteiger partial charge in [-0.2, -0.15) is 0 Å². The number of aryl methyl sites for hydroxylation is 1. The molecule has 0 atom stereocenters. The van der Waals surface area contributed by atoms with Gasteiger partial charge in [0.2, 0.25) is 0 Å². The molecule has 3 heteroatoms. The van der Waals surface area contributed by atoms with E-state index in [-0.39, 0.29) is 0 Å². The summed E-state index contributed by atoms with van der Waals surface area (Å²) in [5.74, 6) is 0.683. The maximum absolute atomic E-state index is 5.89. The molecule has 1 rings (SSSR count). The summed E-state index contributed by atoms with van der Waals surface area (Å²) >= 11 is 5.89. The minimum absolute atomic E-state index is 0.513. The average molecular weight is 186 g/mol. The molecule has 0 aliphatic rings. The minimum Gasteiger partial charge on any atom is -0.495 e. The van der Waals surface area contributed by atoms with Crippen LogP contribution in [-0.4, -0.2) is 7.11 Å². The normalized spacial score (nSPS) is 10.0. The second kappa shape index (κ2) is 3.78. The van der Waals surface area contributed by atoms with Crippen molar-refractivity contribution in [3.8, 4) is 5.75 Å². The molecule has 0 aromatic heterocycles. The summed E-state index contributed by atoms with van der Waals surface area (Å²) in [6.07, 6.45) is 0. The largest absolute Gasteiger partial charge is 0.495 e. The predicted molar refractivity (Wildman–Crippen MR) is 50.6 cm³/mol. The number of hydrogen-bond acceptors (Lipinski definition) is 2. The van der Waals surface area contributed by atoms with Gasteiger partial charge in [0.15, 0.2) is 0 Å². The van der Waals surface area contributed by atoms with Gasteiger partial charge >= 0.3 is 0 Å². The van der Waals surface area contributed by atoms with Crippen molar-refractivity contribution in [2.24, 2.45) is 5.73 Å². The monoisotopic (exact) mass is 185 g/mol. The van der Waals surface area contributed by atoms with Crippen LogP contribution in [0.25, 0.3) is 0 Å². The molecule has 0 amide bonds. The second-order valence-corrected chi connectivity index (χ2v) is 3.02. The topological polar surface area (TPSA) is 35.2 Å². The van der Waals surface area contributed by atoms with Gasteiger partial charge in [-0.1, -0.05) is 11.6 Å². The zero-order valence-corrected chi connectivity index (χ0v) is 7.98. The number of benzene rings is 1. The van der Waals surface area contributed by atoms with Crippen LogP contribution >= 0.6 is 11.6 Å². The number of rotatable bonds is 2. The maximum atomic E-state index is 5.89. The number of hydrogen-bond donors (Lipinski definition) is 1. The van der Waals surface area contributed by atoms with Crippen LogP contribution in [0.3, 0.4) is 0 Å². The molecule has 0 aliphatic heterocycles. The van der Waals surface area contributed by atoms with Gasteiger partial charge in [0, 0.05) is 6.54 Å². The lowest BCUT2D eigenvalue weighted by Gasteiger charge is -2.07. The lowest BCUT2D eigenvalue weighted by Crippen LogP contribution is -1.99. The highest BCUT2D eigenvalue weighted by Gasteiger charge is 2.04. The molecule has 12 heavy (non-hydrogen) atoms. The highest BCUT2D eigenvalue weighted by molar-refractivity contribution is 6.32. The highest BCUT2D eigenvalue weighted by atomic mass is 35.5. The highest BCUT2D eigenvalue weighted by Crippen LogP contribution is 2.27. The summed E-state index contributed by atoms with van der Waals surface area (Å²) in [4.78, 5) is 0. The average Bonchev–Trinajstić information content (AvgIpc) is 2.05. The first-order chi connectivity index (χ1) is 5.69. The summed E-state index contributed by atoms with van der Waals surface area (Å²) in [5.41, 5.74) is 7.69. The molecule has 66 valence electrons. The van der Waals surface area contributed by atoms with Crippen molar-refractivity contribution < 1.29 is 4.74 Å². The zero-order valence-electron chi connectivity index (χ0n) is 7.23. The Labute approximate surface area is 77.3 Å². The van der Waals surface area contributed by atoms with Crippen LogP contribution in [0.15, 0.2) is 12.1 Å². The van der Waals surface area contributed by atoms with E-state index < -0.39 is 0 Å². The summed E-state index contributed by atoms with van der Waals surface area (Å²) in [6.45, 7) is 2.49. The third-order valence-corrected chi connectivity index (χ3v) is 2.13. The molecular formula is C9H12ClNO. The molecule has 2 N–H and O–H groups in total. The van der Waals surface area contributed by atoms with E-state index in [0.717, 1.165) is 11.1 Å². The number of ether oxygens (including phenoxy) is 1. The van der Waals surface area contributed by atoms with Crippen molar-refractivity contribution in [1.82, 2.24) is 0 Å². The molecule has 1 aromatic carbocycles. The van der Waals surface area contributed by atoms with Gasteiger partial charge in [0.25, 0.3) is 0 Å². The van der Waals surface area contributed by atoms with E-state index in [0.29, 0.717) is 17.3 Å². The number of nitrogens with two attached hydrogens (primary N) is 1. The van der Waals surface area contributed by atoms with Crippen molar-refractivity contribution in [3.05, 3.63) is 28.3 Å². The molecule has 0 saturated heterocycles. The first-order valence-corrected chi connectivity index (χ1v) is 4.10. The fourth-order valence-electron chi connectivity index (χ4n) is 1.07. The van der Waals surface area contributed by atoms with Crippen molar-refractivity contribution in [2.75, 3.05) is 7.11 Å². The van der Waals surface area contributed by atoms with Gasteiger partial charge in [-0.15, -0.1) is 0 Å².